The second kappa shape index (κ2) is 10.7. The van der Waals surface area contributed by atoms with Gasteiger partial charge in [-0.15, -0.1) is 0 Å². The molecule has 2 fully saturated rings. The van der Waals surface area contributed by atoms with Gasteiger partial charge in [0.05, 0.1) is 23.9 Å². The molecule has 39 heavy (non-hydrogen) atoms. The topological polar surface area (TPSA) is 42.3 Å². The third kappa shape index (κ3) is 4.81. The Hall–Kier alpha value is -3.35. The number of nitrogens with one attached hydrogen (secondary N) is 1. The van der Waals surface area contributed by atoms with E-state index in [2.05, 4.69) is 72.0 Å². The molecule has 0 bridgehead atoms. The van der Waals surface area contributed by atoms with Crippen LogP contribution >= 0.6 is 23.8 Å². The van der Waals surface area contributed by atoms with Crippen LogP contribution in [0.2, 0.25) is 5.02 Å². The highest BCUT2D eigenvalue weighted by atomic mass is 35.5. The summed E-state index contributed by atoms with van der Waals surface area (Å²) in [4.78, 5) is 6.98. The number of thiocarbonyl (C=S) groups is 1. The van der Waals surface area contributed by atoms with Crippen LogP contribution in [0.5, 0.6) is 5.75 Å². The zero-order valence-corrected chi connectivity index (χ0v) is 24.1. The molecule has 0 amide bonds. The Morgan fingerprint density at radius 3 is 2.38 bits per heavy atom. The van der Waals surface area contributed by atoms with Gasteiger partial charge in [-0.3, -0.25) is 4.98 Å². The average Bonchev–Trinajstić information content (AvgIpc) is 3.62. The van der Waals surface area contributed by atoms with Gasteiger partial charge in [0.15, 0.2) is 5.11 Å². The lowest BCUT2D eigenvalue weighted by Crippen LogP contribution is -2.29. The Balaban J connectivity index is 1.45. The van der Waals surface area contributed by atoms with Crippen molar-refractivity contribution < 1.29 is 4.74 Å². The van der Waals surface area contributed by atoms with E-state index in [9.17, 15) is 0 Å². The van der Waals surface area contributed by atoms with Crippen molar-refractivity contribution in [1.29, 1.82) is 0 Å². The molecule has 1 aliphatic carbocycles. The van der Waals surface area contributed by atoms with Crippen molar-refractivity contribution >= 4 is 34.6 Å². The van der Waals surface area contributed by atoms with Crippen LogP contribution in [0.3, 0.4) is 0 Å². The van der Waals surface area contributed by atoms with Gasteiger partial charge in [0.2, 0.25) is 0 Å². The molecule has 6 rings (SSSR count). The van der Waals surface area contributed by atoms with Crippen molar-refractivity contribution in [2.75, 3.05) is 4.90 Å². The van der Waals surface area contributed by atoms with Crippen LogP contribution in [-0.4, -0.2) is 20.8 Å². The lowest BCUT2D eigenvalue weighted by Gasteiger charge is -2.29. The minimum atomic E-state index is -0.111. The van der Waals surface area contributed by atoms with Crippen molar-refractivity contribution in [3.63, 3.8) is 0 Å². The van der Waals surface area contributed by atoms with Crippen LogP contribution in [0.15, 0.2) is 72.9 Å². The van der Waals surface area contributed by atoms with Crippen LogP contribution in [-0.2, 0) is 0 Å². The normalized spacial score (nSPS) is 19.5. The van der Waals surface area contributed by atoms with Gasteiger partial charge in [-0.1, -0.05) is 23.7 Å². The fraction of sp³-hybridized carbons (Fsp3) is 0.312. The average molecular weight is 557 g/mol. The van der Waals surface area contributed by atoms with Gasteiger partial charge >= 0.3 is 0 Å². The smallest absolute Gasteiger partial charge is 0.174 e. The first-order chi connectivity index (χ1) is 18.9. The summed E-state index contributed by atoms with van der Waals surface area (Å²) in [7, 11) is 0. The van der Waals surface area contributed by atoms with Crippen molar-refractivity contribution in [3.8, 4) is 11.4 Å². The summed E-state index contributed by atoms with van der Waals surface area (Å²) in [6.07, 6.45) is 6.94. The van der Waals surface area contributed by atoms with Gasteiger partial charge in [-0.25, -0.2) is 0 Å². The van der Waals surface area contributed by atoms with Crippen LogP contribution in [0.25, 0.3) is 5.69 Å². The quantitative estimate of drug-likeness (QED) is 0.244. The van der Waals surface area contributed by atoms with Gasteiger partial charge in [0.25, 0.3) is 0 Å². The molecule has 7 heteroatoms. The van der Waals surface area contributed by atoms with E-state index in [1.165, 1.54) is 29.7 Å². The molecule has 1 saturated carbocycles. The highest BCUT2D eigenvalue weighted by Gasteiger charge is 2.43. The summed E-state index contributed by atoms with van der Waals surface area (Å²) in [5.74, 6) is 0.914. The molecule has 1 N–H and O–H groups in total. The zero-order valence-electron chi connectivity index (χ0n) is 22.5. The van der Waals surface area contributed by atoms with Crippen LogP contribution in [0, 0.1) is 20.8 Å². The Kier molecular flexibility index (Phi) is 7.08. The van der Waals surface area contributed by atoms with E-state index < -0.39 is 0 Å². The number of hydrogen-bond acceptors (Lipinski definition) is 3. The number of pyridine rings is 1. The number of halogens is 1. The first-order valence-corrected chi connectivity index (χ1v) is 14.4. The predicted octanol–water partition coefficient (Wildman–Crippen LogP) is 7.95. The summed E-state index contributed by atoms with van der Waals surface area (Å²) in [6, 6.07) is 22.3. The number of ether oxygens (including phenoxy) is 1. The Bertz CT molecular complexity index is 1490. The molecule has 0 radical (unpaired) electrons. The molecule has 4 aromatic rings. The van der Waals surface area contributed by atoms with E-state index >= 15 is 0 Å². The maximum absolute atomic E-state index is 6.40. The highest BCUT2D eigenvalue weighted by Crippen LogP contribution is 2.45. The third-order valence-electron chi connectivity index (χ3n) is 8.19. The number of anilines is 1. The Morgan fingerprint density at radius 2 is 1.69 bits per heavy atom. The first-order valence-electron chi connectivity index (χ1n) is 13.6. The molecule has 0 spiro atoms. The Labute approximate surface area is 240 Å². The van der Waals surface area contributed by atoms with E-state index in [0.29, 0.717) is 11.2 Å². The number of hydrogen-bond donors (Lipinski definition) is 1. The maximum Gasteiger partial charge on any atom is 0.174 e. The summed E-state index contributed by atoms with van der Waals surface area (Å²) in [5.41, 5.74) is 7.85. The van der Waals surface area contributed by atoms with Crippen molar-refractivity contribution in [2.24, 2.45) is 0 Å². The largest absolute Gasteiger partial charge is 0.490 e. The monoisotopic (exact) mass is 556 g/mol. The van der Waals surface area contributed by atoms with E-state index in [4.69, 9.17) is 33.5 Å². The van der Waals surface area contributed by atoms with Crippen molar-refractivity contribution in [3.05, 3.63) is 106 Å². The van der Waals surface area contributed by atoms with Gasteiger partial charge < -0.3 is 19.5 Å². The van der Waals surface area contributed by atoms with Gasteiger partial charge in [-0.2, -0.15) is 0 Å². The second-order valence-electron chi connectivity index (χ2n) is 10.5. The highest BCUT2D eigenvalue weighted by molar-refractivity contribution is 7.80. The van der Waals surface area contributed by atoms with Crippen LogP contribution in [0.1, 0.15) is 66.0 Å². The molecule has 1 saturated heterocycles. The van der Waals surface area contributed by atoms with Gasteiger partial charge in [0.1, 0.15) is 5.75 Å². The number of nitrogens with zero attached hydrogens (tertiary/aromatic N) is 3. The Morgan fingerprint density at radius 1 is 0.923 bits per heavy atom. The molecular weight excluding hydrogens is 524 g/mol. The first kappa shape index (κ1) is 25.9. The SMILES string of the molecule is Cc1c(C2C(c3ccccn3)NC(=S)N2c2ccc(OC3CCCC3)cc2)c(C)n(-c2cccc(Cl)c2)c1C. The molecule has 5 nitrogen and oxygen atoms in total. The number of rotatable bonds is 6. The molecule has 200 valence electrons. The number of benzene rings is 2. The minimum Gasteiger partial charge on any atom is -0.490 e. The molecule has 3 heterocycles. The predicted molar refractivity (Wildman–Crippen MR) is 162 cm³/mol. The molecule has 2 aromatic carbocycles. The molecule has 2 aromatic heterocycles. The van der Waals surface area contributed by atoms with E-state index in [-0.39, 0.29) is 12.1 Å². The summed E-state index contributed by atoms with van der Waals surface area (Å²) >= 11 is 12.4. The van der Waals surface area contributed by atoms with Crippen LogP contribution in [0.4, 0.5) is 5.69 Å². The summed E-state index contributed by atoms with van der Waals surface area (Å²) in [5, 5.41) is 5.01. The van der Waals surface area contributed by atoms with E-state index in [0.717, 1.165) is 46.4 Å². The number of aromatic nitrogens is 2. The summed E-state index contributed by atoms with van der Waals surface area (Å²) < 4.78 is 8.54. The third-order valence-corrected chi connectivity index (χ3v) is 8.74. The molecule has 1 aliphatic heterocycles. The standard InChI is InChI=1S/C32H33ClN4OS/c1-20-21(2)36(25-10-8-9-23(33)19-25)22(3)29(20)31-30(28-13-6-7-18-34-28)35-32(39)37(31)24-14-16-27(17-15-24)38-26-11-4-5-12-26/h6-10,13-19,26,30-31H,4-5,11-12H2,1-3H3,(H,35,39). The van der Waals surface area contributed by atoms with E-state index in [1.807, 2.05) is 36.5 Å². The molecule has 2 unspecified atom stereocenters. The lowest BCUT2D eigenvalue weighted by atomic mass is 9.93. The fourth-order valence-electron chi connectivity index (χ4n) is 6.25. The summed E-state index contributed by atoms with van der Waals surface area (Å²) in [6.45, 7) is 6.55. The van der Waals surface area contributed by atoms with Crippen molar-refractivity contribution in [1.82, 2.24) is 14.9 Å². The van der Waals surface area contributed by atoms with E-state index in [1.54, 1.807) is 0 Å². The molecular formula is C32H33ClN4OS. The molecule has 2 atom stereocenters. The molecule has 2 aliphatic rings. The lowest BCUT2D eigenvalue weighted by molar-refractivity contribution is 0.210. The van der Waals surface area contributed by atoms with Gasteiger partial charge in [0, 0.05) is 39.5 Å². The minimum absolute atomic E-state index is 0.0897. The fourth-order valence-corrected chi connectivity index (χ4v) is 6.78. The van der Waals surface area contributed by atoms with Crippen molar-refractivity contribution in [2.45, 2.75) is 64.6 Å². The maximum atomic E-state index is 6.40. The van der Waals surface area contributed by atoms with Crippen LogP contribution < -0.4 is 15.0 Å². The van der Waals surface area contributed by atoms with Gasteiger partial charge in [-0.05, 0) is 119 Å². The zero-order chi connectivity index (χ0) is 27.1. The second-order valence-corrected chi connectivity index (χ2v) is 11.4.